The molecule has 0 radical (unpaired) electrons. The molecule has 0 bridgehead atoms. The average Bonchev–Trinajstić information content (AvgIpc) is 2.35. The van der Waals surface area contributed by atoms with Crippen molar-refractivity contribution in [3.63, 3.8) is 0 Å². The van der Waals surface area contributed by atoms with E-state index >= 15 is 0 Å². The molecule has 4 nitrogen and oxygen atoms in total. The molecule has 0 fully saturated rings. The second-order valence-corrected chi connectivity index (χ2v) is 3.77. The Morgan fingerprint density at radius 2 is 2.41 bits per heavy atom. The number of allylic oxidation sites excluding steroid dienone is 4. The third-order valence-electron chi connectivity index (χ3n) is 2.38. The minimum atomic E-state index is -0.335. The number of carbonyl (C=O) groups excluding carboxylic acids is 1. The number of methoxy groups -OCH3 is 1. The fourth-order valence-electron chi connectivity index (χ4n) is 1.47. The van der Waals surface area contributed by atoms with Crippen molar-refractivity contribution < 1.29 is 19.4 Å². The van der Waals surface area contributed by atoms with Gasteiger partial charge in [-0.3, -0.25) is 0 Å². The van der Waals surface area contributed by atoms with E-state index in [1.165, 1.54) is 13.2 Å². The maximum atomic E-state index is 11.2. The summed E-state index contributed by atoms with van der Waals surface area (Å²) in [7, 11) is 1.51. The lowest BCUT2D eigenvalue weighted by molar-refractivity contribution is -0.137. The molecule has 1 aliphatic rings. The third-order valence-corrected chi connectivity index (χ3v) is 2.38. The molecule has 0 aromatic rings. The summed E-state index contributed by atoms with van der Waals surface area (Å²) in [4.78, 5) is 11.2. The van der Waals surface area contributed by atoms with E-state index in [-0.39, 0.29) is 17.6 Å². The highest BCUT2D eigenvalue weighted by Crippen LogP contribution is 2.23. The Kier molecular flexibility index (Phi) is 5.33. The van der Waals surface area contributed by atoms with E-state index in [4.69, 9.17) is 9.47 Å². The average molecular weight is 238 g/mol. The zero-order valence-corrected chi connectivity index (χ0v) is 10.2. The smallest absolute Gasteiger partial charge is 0.330 e. The van der Waals surface area contributed by atoms with Gasteiger partial charge in [0, 0.05) is 18.4 Å². The van der Waals surface area contributed by atoms with Gasteiger partial charge in [0.2, 0.25) is 0 Å². The standard InChI is InChI=1S/C13H18O4/c1-3-8-17-13(15)7-5-10-4-6-11(14)12(9-10)16-2/h4-7,10,14H,3,8-9H2,1-2H3. The molecule has 1 rings (SSSR count). The molecule has 0 saturated heterocycles. The minimum Gasteiger partial charge on any atom is -0.504 e. The molecule has 17 heavy (non-hydrogen) atoms. The van der Waals surface area contributed by atoms with Crippen molar-refractivity contribution >= 4 is 5.97 Å². The van der Waals surface area contributed by atoms with E-state index in [1.54, 1.807) is 12.2 Å². The van der Waals surface area contributed by atoms with Gasteiger partial charge in [-0.05, 0) is 12.5 Å². The van der Waals surface area contributed by atoms with Crippen molar-refractivity contribution in [1.29, 1.82) is 0 Å². The van der Waals surface area contributed by atoms with Gasteiger partial charge in [0.15, 0.2) is 5.76 Å². The zero-order valence-electron chi connectivity index (χ0n) is 10.2. The van der Waals surface area contributed by atoms with Crippen LogP contribution in [0.5, 0.6) is 0 Å². The van der Waals surface area contributed by atoms with Gasteiger partial charge in [-0.2, -0.15) is 0 Å². The fraction of sp³-hybridized carbons (Fsp3) is 0.462. The molecule has 0 aromatic heterocycles. The van der Waals surface area contributed by atoms with Gasteiger partial charge in [-0.25, -0.2) is 4.79 Å². The van der Waals surface area contributed by atoms with Crippen molar-refractivity contribution in [2.75, 3.05) is 13.7 Å². The van der Waals surface area contributed by atoms with Crippen molar-refractivity contribution in [3.05, 3.63) is 35.8 Å². The van der Waals surface area contributed by atoms with Gasteiger partial charge < -0.3 is 14.6 Å². The summed E-state index contributed by atoms with van der Waals surface area (Å²) in [5.41, 5.74) is 0. The second-order valence-electron chi connectivity index (χ2n) is 3.77. The van der Waals surface area contributed by atoms with Gasteiger partial charge in [0.1, 0.15) is 5.76 Å². The normalized spacial score (nSPS) is 19.8. The van der Waals surface area contributed by atoms with Crippen LogP contribution in [0.2, 0.25) is 0 Å². The second kappa shape index (κ2) is 6.78. The first-order chi connectivity index (χ1) is 8.17. The van der Waals surface area contributed by atoms with Crippen LogP contribution in [0.1, 0.15) is 19.8 Å². The van der Waals surface area contributed by atoms with E-state index in [0.717, 1.165) is 6.42 Å². The van der Waals surface area contributed by atoms with Crippen LogP contribution in [-0.2, 0) is 14.3 Å². The number of carbonyl (C=O) groups is 1. The van der Waals surface area contributed by atoms with E-state index in [0.29, 0.717) is 18.8 Å². The maximum absolute atomic E-state index is 11.2. The first-order valence-electron chi connectivity index (χ1n) is 5.66. The Morgan fingerprint density at radius 1 is 1.65 bits per heavy atom. The largest absolute Gasteiger partial charge is 0.504 e. The van der Waals surface area contributed by atoms with Crippen LogP contribution in [-0.4, -0.2) is 24.8 Å². The molecule has 0 spiro atoms. The number of hydrogen-bond acceptors (Lipinski definition) is 4. The Hall–Kier alpha value is -1.71. The van der Waals surface area contributed by atoms with Crippen molar-refractivity contribution in [2.24, 2.45) is 5.92 Å². The molecule has 0 amide bonds. The summed E-state index contributed by atoms with van der Waals surface area (Å²) >= 11 is 0. The molecule has 0 aliphatic heterocycles. The Balaban J connectivity index is 2.47. The fourth-order valence-corrected chi connectivity index (χ4v) is 1.47. The molecule has 1 N–H and O–H groups in total. The molecule has 4 heteroatoms. The van der Waals surface area contributed by atoms with E-state index in [1.807, 2.05) is 13.0 Å². The highest BCUT2D eigenvalue weighted by atomic mass is 16.5. The van der Waals surface area contributed by atoms with Gasteiger partial charge >= 0.3 is 5.97 Å². The number of aliphatic hydroxyl groups excluding tert-OH is 1. The summed E-state index contributed by atoms with van der Waals surface area (Å²) in [6, 6.07) is 0. The number of hydrogen-bond donors (Lipinski definition) is 1. The molecular weight excluding hydrogens is 220 g/mol. The molecule has 0 aromatic carbocycles. The monoisotopic (exact) mass is 238 g/mol. The van der Waals surface area contributed by atoms with Crippen LogP contribution >= 0.6 is 0 Å². The lowest BCUT2D eigenvalue weighted by Gasteiger charge is -2.15. The van der Waals surface area contributed by atoms with Crippen LogP contribution < -0.4 is 0 Å². The van der Waals surface area contributed by atoms with Crippen LogP contribution in [0.4, 0.5) is 0 Å². The van der Waals surface area contributed by atoms with Crippen LogP contribution in [0.15, 0.2) is 35.8 Å². The number of aliphatic hydroxyl groups is 1. The molecule has 94 valence electrons. The van der Waals surface area contributed by atoms with Crippen molar-refractivity contribution in [1.82, 2.24) is 0 Å². The van der Waals surface area contributed by atoms with Gasteiger partial charge in [-0.15, -0.1) is 0 Å². The van der Waals surface area contributed by atoms with Gasteiger partial charge in [-0.1, -0.05) is 19.1 Å². The number of esters is 1. The predicted molar refractivity (Wildman–Crippen MR) is 64.3 cm³/mol. The van der Waals surface area contributed by atoms with Crippen LogP contribution in [0, 0.1) is 5.92 Å². The molecule has 1 atom stereocenters. The van der Waals surface area contributed by atoms with Crippen molar-refractivity contribution in [2.45, 2.75) is 19.8 Å². The van der Waals surface area contributed by atoms with Gasteiger partial charge in [0.25, 0.3) is 0 Å². The highest BCUT2D eigenvalue weighted by Gasteiger charge is 2.14. The Labute approximate surface area is 101 Å². The summed E-state index contributed by atoms with van der Waals surface area (Å²) in [6.45, 7) is 2.38. The van der Waals surface area contributed by atoms with E-state index < -0.39 is 0 Å². The summed E-state index contributed by atoms with van der Waals surface area (Å²) in [5, 5.41) is 9.43. The summed E-state index contributed by atoms with van der Waals surface area (Å²) in [6.07, 6.45) is 7.93. The first kappa shape index (κ1) is 13.4. The first-order valence-corrected chi connectivity index (χ1v) is 5.66. The minimum absolute atomic E-state index is 0.0510. The molecule has 1 aliphatic carbocycles. The molecular formula is C13H18O4. The molecule has 0 heterocycles. The number of rotatable bonds is 5. The van der Waals surface area contributed by atoms with Crippen LogP contribution in [0.3, 0.4) is 0 Å². The summed E-state index contributed by atoms with van der Waals surface area (Å²) in [5.74, 6) is 0.391. The number of ether oxygens (including phenoxy) is 2. The quantitative estimate of drug-likeness (QED) is 0.590. The SMILES string of the molecule is CCCOC(=O)C=CC1C=CC(O)=C(OC)C1. The molecule has 0 saturated carbocycles. The Bertz CT molecular complexity index is 352. The van der Waals surface area contributed by atoms with E-state index in [9.17, 15) is 9.90 Å². The zero-order chi connectivity index (χ0) is 12.7. The van der Waals surface area contributed by atoms with Gasteiger partial charge in [0.05, 0.1) is 13.7 Å². The van der Waals surface area contributed by atoms with E-state index in [2.05, 4.69) is 0 Å². The predicted octanol–water partition coefficient (Wildman–Crippen LogP) is 2.49. The maximum Gasteiger partial charge on any atom is 0.330 e. The topological polar surface area (TPSA) is 55.8 Å². The summed E-state index contributed by atoms with van der Waals surface area (Å²) < 4.78 is 9.95. The molecule has 1 unspecified atom stereocenters. The highest BCUT2D eigenvalue weighted by molar-refractivity contribution is 5.81. The lowest BCUT2D eigenvalue weighted by Crippen LogP contribution is -2.06. The van der Waals surface area contributed by atoms with Crippen molar-refractivity contribution in [3.8, 4) is 0 Å². The Morgan fingerprint density at radius 3 is 3.06 bits per heavy atom. The van der Waals surface area contributed by atoms with Crippen LogP contribution in [0.25, 0.3) is 0 Å². The third kappa shape index (κ3) is 4.34. The lowest BCUT2D eigenvalue weighted by atomic mass is 9.98.